The molecule has 4 atom stereocenters. The summed E-state index contributed by atoms with van der Waals surface area (Å²) in [6, 6.07) is 0. The number of hydrogen-bond donors (Lipinski definition) is 0. The molecule has 11 heteroatoms. The van der Waals surface area contributed by atoms with Gasteiger partial charge in [-0.05, 0) is 0 Å². The highest BCUT2D eigenvalue weighted by atomic mass is 16.6. The first-order valence-electron chi connectivity index (χ1n) is 9.94. The Kier molecular flexibility index (Phi) is 10.8. The van der Waals surface area contributed by atoms with Crippen LogP contribution in [-0.4, -0.2) is 102 Å². The highest BCUT2D eigenvalue weighted by Gasteiger charge is 2.38. The molecule has 0 fully saturated rings. The van der Waals surface area contributed by atoms with E-state index < -0.39 is 95.4 Å². The molecule has 0 aliphatic carbocycles. The van der Waals surface area contributed by atoms with Crippen molar-refractivity contribution in [3.05, 3.63) is 0 Å². The second-order valence-corrected chi connectivity index (χ2v) is 4.55. The van der Waals surface area contributed by atoms with E-state index in [0.29, 0.717) is 0 Å². The van der Waals surface area contributed by atoms with Gasteiger partial charge in [0.1, 0.15) is 95.6 Å². The largest absolute Gasteiger partial charge is 0.371 e. The van der Waals surface area contributed by atoms with Crippen LogP contribution >= 0.6 is 0 Å². The van der Waals surface area contributed by atoms with E-state index >= 15 is 0 Å². The minimum Gasteiger partial charge on any atom is -0.371 e. The quantitative estimate of drug-likeness (QED) is 0.206. The maximum Gasteiger partial charge on any atom is 0.151 e. The Morgan fingerprint density at radius 2 is 1.11 bits per heavy atom. The van der Waals surface area contributed by atoms with Crippen molar-refractivity contribution in [1.29, 1.82) is 0 Å². The van der Waals surface area contributed by atoms with Gasteiger partial charge in [0.2, 0.25) is 0 Å². The molecule has 0 aromatic rings. The molecule has 27 heavy (non-hydrogen) atoms. The molecule has 0 radical (unpaired) electrons. The topological polar surface area (TPSA) is 149 Å². The SMILES string of the molecule is [2H]C(=O)COC[C@@H](OCC([2H])=O)[C@@H](OCC([2H])=O)[C@H](OCC([2H])=O)[C@H](C=O)OCC([2H])=O. The zero-order valence-electron chi connectivity index (χ0n) is 19.1. The van der Waals surface area contributed by atoms with E-state index in [0.717, 1.165) is 0 Å². The molecule has 0 saturated heterocycles. The van der Waals surface area contributed by atoms with E-state index in [1.807, 2.05) is 0 Å². The van der Waals surface area contributed by atoms with Crippen molar-refractivity contribution >= 4 is 37.6 Å². The molecule has 0 aromatic carbocycles. The maximum absolute atomic E-state index is 11.5. The second-order valence-electron chi connectivity index (χ2n) is 4.55. The van der Waals surface area contributed by atoms with Gasteiger partial charge in [0.15, 0.2) is 6.29 Å². The van der Waals surface area contributed by atoms with Gasteiger partial charge in [0.05, 0.1) is 6.61 Å². The van der Waals surface area contributed by atoms with E-state index in [-0.39, 0.29) is 6.29 Å². The Labute approximate surface area is 162 Å². The summed E-state index contributed by atoms with van der Waals surface area (Å²) in [4.78, 5) is 66.4. The standard InChI is InChI=1S/C16H22O11/c17-1-6-23-12-14(25-8-3-19)16(27-10-5-21)15(26-9-4-20)13(11-22)24-7-2-18/h1-5,11,13-16H,6-10,12H2/t13-,14+,15+,16+/m0/s1/i1D,2D,3D,4D,5D. The van der Waals surface area contributed by atoms with Gasteiger partial charge < -0.3 is 52.5 Å². The van der Waals surface area contributed by atoms with E-state index in [9.17, 15) is 28.8 Å². The first-order valence-corrected chi connectivity index (χ1v) is 7.44. The summed E-state index contributed by atoms with van der Waals surface area (Å²) in [6.45, 7) is -4.89. The van der Waals surface area contributed by atoms with Gasteiger partial charge in [0.25, 0.3) is 0 Å². The predicted octanol–water partition coefficient (Wildman–Crippen LogP) is -2.26. The second kappa shape index (κ2) is 17.2. The van der Waals surface area contributed by atoms with Crippen LogP contribution in [0.15, 0.2) is 0 Å². The minimum absolute atomic E-state index is 0.113. The van der Waals surface area contributed by atoms with Crippen molar-refractivity contribution in [3.8, 4) is 0 Å². The Hall–Kier alpha value is -2.18. The molecule has 0 spiro atoms. The lowest BCUT2D eigenvalue weighted by molar-refractivity contribution is -0.185. The third kappa shape index (κ3) is 10.5. The maximum atomic E-state index is 11.5. The van der Waals surface area contributed by atoms with Crippen LogP contribution in [-0.2, 0) is 52.5 Å². The van der Waals surface area contributed by atoms with Gasteiger partial charge in [-0.2, -0.15) is 0 Å². The third-order valence-electron chi connectivity index (χ3n) is 2.95. The molecule has 0 aliphatic rings. The first kappa shape index (κ1) is 17.0. The fraction of sp³-hybridized carbons (Fsp3) is 0.625. The molecule has 0 unspecified atom stereocenters. The van der Waals surface area contributed by atoms with Crippen molar-refractivity contribution in [2.45, 2.75) is 24.4 Å². The Balaban J connectivity index is 6.01. The highest BCUT2D eigenvalue weighted by molar-refractivity contribution is 5.59. The normalized spacial score (nSPS) is 17.7. The van der Waals surface area contributed by atoms with Crippen molar-refractivity contribution in [3.63, 3.8) is 0 Å². The molecule has 0 amide bonds. The monoisotopic (exact) mass is 395 g/mol. The molecule has 0 aromatic heterocycles. The number of ether oxygens (including phenoxy) is 5. The van der Waals surface area contributed by atoms with Gasteiger partial charge in [0, 0.05) is 0 Å². The smallest absolute Gasteiger partial charge is 0.151 e. The van der Waals surface area contributed by atoms with Crippen LogP contribution in [0.5, 0.6) is 0 Å². The number of hydrogen-bond acceptors (Lipinski definition) is 11. The van der Waals surface area contributed by atoms with Crippen LogP contribution in [0.4, 0.5) is 0 Å². The molecule has 11 nitrogen and oxygen atoms in total. The lowest BCUT2D eigenvalue weighted by Crippen LogP contribution is -2.52. The molecule has 0 bridgehead atoms. The zero-order valence-corrected chi connectivity index (χ0v) is 14.1. The Bertz CT molecular complexity index is 675. The number of rotatable bonds is 20. The van der Waals surface area contributed by atoms with Gasteiger partial charge in [-0.25, -0.2) is 0 Å². The third-order valence-corrected chi connectivity index (χ3v) is 2.95. The van der Waals surface area contributed by atoms with Crippen LogP contribution in [0.25, 0.3) is 0 Å². The molecule has 0 heterocycles. The van der Waals surface area contributed by atoms with Crippen LogP contribution in [0, 0.1) is 0 Å². The summed E-state index contributed by atoms with van der Waals surface area (Å²) in [7, 11) is 0. The first-order chi connectivity index (χ1) is 15.0. The summed E-state index contributed by atoms with van der Waals surface area (Å²) in [5, 5.41) is 0. The lowest BCUT2D eigenvalue weighted by atomic mass is 10.0. The zero-order chi connectivity index (χ0) is 24.7. The van der Waals surface area contributed by atoms with Crippen molar-refractivity contribution in [2.75, 3.05) is 39.6 Å². The Morgan fingerprint density at radius 3 is 1.63 bits per heavy atom. The molecule has 0 saturated carbocycles. The summed E-state index contributed by atoms with van der Waals surface area (Å²) in [5.41, 5.74) is 0. The average molecular weight is 395 g/mol. The van der Waals surface area contributed by atoms with Gasteiger partial charge in [-0.15, -0.1) is 0 Å². The van der Waals surface area contributed by atoms with Crippen LogP contribution in [0.1, 0.15) is 6.85 Å². The van der Waals surface area contributed by atoms with E-state index in [2.05, 4.69) is 0 Å². The molecule has 152 valence electrons. The molecular formula is C16H22O11. The molecule has 0 aliphatic heterocycles. The lowest BCUT2D eigenvalue weighted by Gasteiger charge is -2.34. The summed E-state index contributed by atoms with van der Waals surface area (Å²) in [5.74, 6) is 0. The van der Waals surface area contributed by atoms with Gasteiger partial charge in [-0.3, -0.25) is 0 Å². The number of carbonyl (C=O) groups excluding carboxylic acids is 6. The predicted molar refractivity (Wildman–Crippen MR) is 86.2 cm³/mol. The summed E-state index contributed by atoms with van der Waals surface area (Å²) < 4.78 is 60.1. The van der Waals surface area contributed by atoms with Crippen molar-refractivity contribution in [1.82, 2.24) is 0 Å². The van der Waals surface area contributed by atoms with Crippen molar-refractivity contribution in [2.24, 2.45) is 0 Å². The van der Waals surface area contributed by atoms with Crippen LogP contribution < -0.4 is 0 Å². The fourth-order valence-electron chi connectivity index (χ4n) is 1.99. The van der Waals surface area contributed by atoms with E-state index in [4.69, 9.17) is 30.5 Å². The molecule has 0 N–H and O–H groups in total. The number of aldehydes is 6. The molecule has 0 rings (SSSR count). The van der Waals surface area contributed by atoms with Crippen LogP contribution in [0.2, 0.25) is 0 Å². The van der Waals surface area contributed by atoms with Crippen LogP contribution in [0.3, 0.4) is 0 Å². The van der Waals surface area contributed by atoms with E-state index in [1.54, 1.807) is 0 Å². The fourth-order valence-corrected chi connectivity index (χ4v) is 1.99. The highest BCUT2D eigenvalue weighted by Crippen LogP contribution is 2.18. The van der Waals surface area contributed by atoms with Crippen molar-refractivity contribution < 1.29 is 59.3 Å². The van der Waals surface area contributed by atoms with Gasteiger partial charge >= 0.3 is 0 Å². The number of carbonyl (C=O) groups is 6. The average Bonchev–Trinajstić information content (AvgIpc) is 2.68. The van der Waals surface area contributed by atoms with E-state index in [1.165, 1.54) is 0 Å². The van der Waals surface area contributed by atoms with Gasteiger partial charge in [-0.1, -0.05) is 0 Å². The summed E-state index contributed by atoms with van der Waals surface area (Å²) >= 11 is 0. The molecular weight excluding hydrogens is 368 g/mol. The minimum atomic E-state index is -1.72. The summed E-state index contributed by atoms with van der Waals surface area (Å²) in [6.07, 6.45) is -12.5. The Morgan fingerprint density at radius 1 is 0.630 bits per heavy atom.